The molecular formula is C30H33Cl2F3N6O. The Morgan fingerprint density at radius 2 is 1.60 bits per heavy atom. The fourth-order valence-electron chi connectivity index (χ4n) is 6.42. The highest BCUT2D eigenvalue weighted by molar-refractivity contribution is 5.85. The Kier molecular flexibility index (Phi) is 10.1. The van der Waals surface area contributed by atoms with Crippen LogP contribution < -0.4 is 4.74 Å². The van der Waals surface area contributed by atoms with E-state index in [9.17, 15) is 13.2 Å². The van der Waals surface area contributed by atoms with Crippen molar-refractivity contribution >= 4 is 24.8 Å². The summed E-state index contributed by atoms with van der Waals surface area (Å²) >= 11 is 0. The van der Waals surface area contributed by atoms with Gasteiger partial charge in [-0.15, -0.1) is 29.9 Å². The summed E-state index contributed by atoms with van der Waals surface area (Å²) < 4.78 is 46.9. The van der Waals surface area contributed by atoms with Crippen molar-refractivity contribution in [3.05, 3.63) is 101 Å². The number of piperazine rings is 1. The van der Waals surface area contributed by atoms with Gasteiger partial charge in [-0.3, -0.25) is 9.80 Å². The number of alkyl halides is 3. The number of hydrogen-bond donors (Lipinski definition) is 0. The van der Waals surface area contributed by atoms with E-state index in [1.54, 1.807) is 25.3 Å². The lowest BCUT2D eigenvalue weighted by Crippen LogP contribution is -2.57. The standard InChI is InChI=1S/C30H31F3N6O.2ClH/c1-40-27-15-14-24(39-29(30(31,32)33)34-35-36-39)17-23(27)18-37-19-25-13-8-16-38(25)26(20-37)28(21-9-4-2-5-10-21)22-11-6-3-7-12-22;;/h2-7,9-12,14-15,17,25-26,28H,8,13,16,18-20H2,1H3;2*1H/t25-,26?;;/m0../s1. The summed E-state index contributed by atoms with van der Waals surface area (Å²) in [4.78, 5) is 5.09. The van der Waals surface area contributed by atoms with E-state index in [1.165, 1.54) is 11.1 Å². The van der Waals surface area contributed by atoms with E-state index in [4.69, 9.17) is 4.74 Å². The second-order valence-electron chi connectivity index (χ2n) is 10.5. The first-order valence-corrected chi connectivity index (χ1v) is 13.5. The van der Waals surface area contributed by atoms with E-state index in [-0.39, 0.29) is 42.5 Å². The third-order valence-electron chi connectivity index (χ3n) is 8.09. The summed E-state index contributed by atoms with van der Waals surface area (Å²) in [5.74, 6) is -0.343. The van der Waals surface area contributed by atoms with Crippen LogP contribution in [-0.4, -0.2) is 68.8 Å². The lowest BCUT2D eigenvalue weighted by atomic mass is 9.82. The molecule has 224 valence electrons. The second kappa shape index (κ2) is 13.4. The Bertz CT molecular complexity index is 1400. The van der Waals surface area contributed by atoms with Crippen LogP contribution in [0.1, 0.15) is 41.3 Å². The van der Waals surface area contributed by atoms with E-state index in [0.717, 1.165) is 42.7 Å². The molecular weight excluding hydrogens is 588 g/mol. The number of tetrazole rings is 1. The number of fused-ring (bicyclic) bond motifs is 1. The zero-order valence-corrected chi connectivity index (χ0v) is 24.7. The van der Waals surface area contributed by atoms with Crippen molar-refractivity contribution in [2.75, 3.05) is 26.7 Å². The molecule has 0 N–H and O–H groups in total. The molecule has 0 saturated carbocycles. The van der Waals surface area contributed by atoms with Crippen molar-refractivity contribution in [3.63, 3.8) is 0 Å². The molecule has 4 aromatic rings. The molecule has 2 aliphatic heterocycles. The van der Waals surface area contributed by atoms with Crippen LogP contribution in [0.15, 0.2) is 78.9 Å². The van der Waals surface area contributed by atoms with Crippen LogP contribution in [0.5, 0.6) is 5.75 Å². The van der Waals surface area contributed by atoms with Crippen molar-refractivity contribution in [3.8, 4) is 11.4 Å². The SMILES string of the molecule is COc1ccc(-n2nnnc2C(F)(F)F)cc1CN1CC(C(c2ccccc2)c2ccccc2)N2CCC[C@H]2C1.Cl.Cl. The van der Waals surface area contributed by atoms with Gasteiger partial charge in [0.1, 0.15) is 5.75 Å². The zero-order chi connectivity index (χ0) is 27.7. The first-order valence-electron chi connectivity index (χ1n) is 13.5. The van der Waals surface area contributed by atoms with Crippen LogP contribution in [0.4, 0.5) is 13.2 Å². The quantitative estimate of drug-likeness (QED) is 0.252. The van der Waals surface area contributed by atoms with Gasteiger partial charge in [-0.1, -0.05) is 60.7 Å². The number of methoxy groups -OCH3 is 1. The summed E-state index contributed by atoms with van der Waals surface area (Å²) in [5, 5.41) is 10.1. The van der Waals surface area contributed by atoms with Crippen LogP contribution in [0.25, 0.3) is 5.69 Å². The Labute approximate surface area is 255 Å². The summed E-state index contributed by atoms with van der Waals surface area (Å²) in [5.41, 5.74) is 3.61. The Hall–Kier alpha value is -3.18. The lowest BCUT2D eigenvalue weighted by Gasteiger charge is -2.47. The largest absolute Gasteiger partial charge is 0.496 e. The maximum absolute atomic E-state index is 13.5. The normalized spacial score (nSPS) is 19.2. The highest BCUT2D eigenvalue weighted by Gasteiger charge is 2.42. The van der Waals surface area contributed by atoms with Crippen LogP contribution in [0.3, 0.4) is 0 Å². The molecule has 2 saturated heterocycles. The molecule has 0 spiro atoms. The van der Waals surface area contributed by atoms with Crippen LogP contribution >= 0.6 is 24.8 Å². The predicted octanol–water partition coefficient (Wildman–Crippen LogP) is 6.01. The molecule has 0 radical (unpaired) electrons. The van der Waals surface area contributed by atoms with Gasteiger partial charge in [0.05, 0.1) is 12.8 Å². The summed E-state index contributed by atoms with van der Waals surface area (Å²) in [6.07, 6.45) is -2.39. The minimum atomic E-state index is -4.67. The van der Waals surface area contributed by atoms with Crippen LogP contribution in [0, 0.1) is 0 Å². The predicted molar refractivity (Wildman–Crippen MR) is 159 cm³/mol. The van der Waals surface area contributed by atoms with E-state index < -0.39 is 12.0 Å². The third-order valence-corrected chi connectivity index (χ3v) is 8.09. The number of aromatic nitrogens is 4. The average molecular weight is 622 g/mol. The summed E-state index contributed by atoms with van der Waals surface area (Å²) in [6.45, 7) is 3.31. The number of ether oxygens (including phenoxy) is 1. The molecule has 0 bridgehead atoms. The third kappa shape index (κ3) is 6.41. The monoisotopic (exact) mass is 620 g/mol. The fraction of sp³-hybridized carbons (Fsp3) is 0.367. The first-order chi connectivity index (χ1) is 19.4. The van der Waals surface area contributed by atoms with Gasteiger partial charge in [-0.25, -0.2) is 0 Å². The van der Waals surface area contributed by atoms with Gasteiger partial charge in [0, 0.05) is 43.2 Å². The molecule has 0 aliphatic carbocycles. The Balaban J connectivity index is 0.00000202. The number of benzene rings is 3. The van der Waals surface area contributed by atoms with Crippen molar-refractivity contribution in [1.82, 2.24) is 30.0 Å². The maximum atomic E-state index is 13.5. The number of hydrogen-bond acceptors (Lipinski definition) is 6. The van der Waals surface area contributed by atoms with Crippen molar-refractivity contribution < 1.29 is 17.9 Å². The number of rotatable bonds is 7. The molecule has 3 aromatic carbocycles. The van der Waals surface area contributed by atoms with Gasteiger partial charge >= 0.3 is 6.18 Å². The van der Waals surface area contributed by atoms with E-state index in [1.807, 2.05) is 12.1 Å². The summed E-state index contributed by atoms with van der Waals surface area (Å²) in [7, 11) is 1.58. The van der Waals surface area contributed by atoms with E-state index >= 15 is 0 Å². The molecule has 1 unspecified atom stereocenters. The van der Waals surface area contributed by atoms with Crippen molar-refractivity contribution in [2.45, 2.75) is 43.6 Å². The van der Waals surface area contributed by atoms with Gasteiger partial charge in [0.2, 0.25) is 0 Å². The fourth-order valence-corrected chi connectivity index (χ4v) is 6.42. The Morgan fingerprint density at radius 1 is 0.929 bits per heavy atom. The number of halogens is 5. The average Bonchev–Trinajstić information content (AvgIpc) is 3.65. The van der Waals surface area contributed by atoms with Crippen LogP contribution in [-0.2, 0) is 12.7 Å². The molecule has 6 rings (SSSR count). The lowest BCUT2D eigenvalue weighted by molar-refractivity contribution is -0.146. The number of nitrogens with zero attached hydrogens (tertiary/aromatic N) is 6. The minimum Gasteiger partial charge on any atom is -0.496 e. The Morgan fingerprint density at radius 3 is 2.21 bits per heavy atom. The molecule has 12 heteroatoms. The van der Waals surface area contributed by atoms with Gasteiger partial charge in [0.25, 0.3) is 5.82 Å². The molecule has 1 aromatic heterocycles. The van der Waals surface area contributed by atoms with Gasteiger partial charge in [0.15, 0.2) is 0 Å². The molecule has 2 fully saturated rings. The van der Waals surface area contributed by atoms with Gasteiger partial charge < -0.3 is 4.74 Å². The topological polar surface area (TPSA) is 59.3 Å². The molecule has 3 heterocycles. The van der Waals surface area contributed by atoms with Gasteiger partial charge in [-0.2, -0.15) is 17.9 Å². The molecule has 2 aliphatic rings. The zero-order valence-electron chi connectivity index (χ0n) is 23.0. The van der Waals surface area contributed by atoms with Crippen molar-refractivity contribution in [2.24, 2.45) is 0 Å². The van der Waals surface area contributed by atoms with Crippen molar-refractivity contribution in [1.29, 1.82) is 0 Å². The van der Waals surface area contributed by atoms with Gasteiger partial charge in [-0.05, 0) is 59.1 Å². The molecule has 2 atom stereocenters. The van der Waals surface area contributed by atoms with Crippen LogP contribution in [0.2, 0.25) is 0 Å². The highest BCUT2D eigenvalue weighted by atomic mass is 35.5. The molecule has 0 amide bonds. The second-order valence-corrected chi connectivity index (χ2v) is 10.5. The van der Waals surface area contributed by atoms with E-state index in [0.29, 0.717) is 18.3 Å². The highest BCUT2D eigenvalue weighted by Crippen LogP contribution is 2.38. The summed E-state index contributed by atoms with van der Waals surface area (Å²) in [6, 6.07) is 26.9. The van der Waals surface area contributed by atoms with E-state index in [2.05, 4.69) is 73.9 Å². The smallest absolute Gasteiger partial charge is 0.453 e. The minimum absolute atomic E-state index is 0. The maximum Gasteiger partial charge on any atom is 0.453 e. The molecule has 42 heavy (non-hydrogen) atoms. The molecule has 7 nitrogen and oxygen atoms in total. The first kappa shape index (κ1) is 31.7.